The topological polar surface area (TPSA) is 63.7 Å². The first-order chi connectivity index (χ1) is 11.5. The lowest BCUT2D eigenvalue weighted by molar-refractivity contribution is -0.0658. The fourth-order valence-electron chi connectivity index (χ4n) is 3.91. The molecule has 4 heterocycles. The van der Waals surface area contributed by atoms with Gasteiger partial charge in [0, 0.05) is 12.0 Å². The third kappa shape index (κ3) is 2.04. The molecule has 6 nitrogen and oxygen atoms in total. The van der Waals surface area contributed by atoms with Gasteiger partial charge in [0.15, 0.2) is 5.13 Å². The highest BCUT2D eigenvalue weighted by Crippen LogP contribution is 2.41. The molecule has 2 aromatic rings. The average molecular weight is 345 g/mol. The molecule has 0 radical (unpaired) electrons. The van der Waals surface area contributed by atoms with Gasteiger partial charge >= 0.3 is 6.03 Å². The van der Waals surface area contributed by atoms with Gasteiger partial charge in [-0.3, -0.25) is 4.90 Å². The highest BCUT2D eigenvalue weighted by Gasteiger charge is 2.48. The van der Waals surface area contributed by atoms with Crippen LogP contribution in [0.15, 0.2) is 12.1 Å². The average Bonchev–Trinajstić information content (AvgIpc) is 3.20. The van der Waals surface area contributed by atoms with Gasteiger partial charge in [-0.2, -0.15) is 0 Å². The van der Waals surface area contributed by atoms with Gasteiger partial charge < -0.3 is 14.8 Å². The number of urea groups is 1. The molecule has 2 amide bonds. The van der Waals surface area contributed by atoms with E-state index in [1.807, 2.05) is 17.0 Å². The fraction of sp³-hybridized carbons (Fsp3) is 0.529. The maximum absolute atomic E-state index is 12.6. The number of carbonyl (C=O) groups is 1. The van der Waals surface area contributed by atoms with Crippen LogP contribution in [0.25, 0.3) is 10.2 Å². The van der Waals surface area contributed by atoms with Crippen molar-refractivity contribution >= 4 is 32.7 Å². The quantitative estimate of drug-likeness (QED) is 0.863. The minimum atomic E-state index is -0.225. The van der Waals surface area contributed by atoms with E-state index < -0.39 is 0 Å². The number of rotatable bonds is 1. The van der Waals surface area contributed by atoms with E-state index in [-0.39, 0.29) is 23.7 Å². The number of benzene rings is 1. The van der Waals surface area contributed by atoms with Gasteiger partial charge in [0.25, 0.3) is 0 Å². The SMILES string of the molecule is CC1(C)C[C@H]2[C@@H](CO1)NC(=O)N2c1nc2c3c(ccc2s1)OCC3. The summed E-state index contributed by atoms with van der Waals surface area (Å²) in [5.41, 5.74) is 1.92. The molecule has 1 aromatic carbocycles. The van der Waals surface area contributed by atoms with Gasteiger partial charge in [0.05, 0.1) is 41.1 Å². The third-order valence-electron chi connectivity index (χ3n) is 5.11. The number of hydrogen-bond acceptors (Lipinski definition) is 5. The number of thiazole rings is 1. The van der Waals surface area contributed by atoms with Crippen LogP contribution in [0.5, 0.6) is 5.75 Å². The number of nitrogens with zero attached hydrogens (tertiary/aromatic N) is 2. The lowest BCUT2D eigenvalue weighted by atomic mass is 9.91. The molecule has 3 aliphatic rings. The lowest BCUT2D eigenvalue weighted by Crippen LogP contribution is -2.51. The van der Waals surface area contributed by atoms with Gasteiger partial charge in [-0.25, -0.2) is 9.78 Å². The Balaban J connectivity index is 1.58. The summed E-state index contributed by atoms with van der Waals surface area (Å²) in [6.45, 7) is 5.41. The molecule has 0 aliphatic carbocycles. The summed E-state index contributed by atoms with van der Waals surface area (Å²) < 4.78 is 12.6. The maximum Gasteiger partial charge on any atom is 0.324 e. The van der Waals surface area contributed by atoms with Gasteiger partial charge in [-0.05, 0) is 32.4 Å². The molecule has 0 bridgehead atoms. The van der Waals surface area contributed by atoms with Gasteiger partial charge in [-0.15, -0.1) is 0 Å². The monoisotopic (exact) mass is 345 g/mol. The summed E-state index contributed by atoms with van der Waals surface area (Å²) >= 11 is 1.58. The van der Waals surface area contributed by atoms with Crippen molar-refractivity contribution in [1.82, 2.24) is 10.3 Å². The van der Waals surface area contributed by atoms with Crippen LogP contribution in [0.4, 0.5) is 9.93 Å². The predicted molar refractivity (Wildman–Crippen MR) is 92.1 cm³/mol. The molecule has 1 aromatic heterocycles. The summed E-state index contributed by atoms with van der Waals surface area (Å²) in [4.78, 5) is 19.2. The second-order valence-corrected chi connectivity index (χ2v) is 8.26. The molecule has 7 heteroatoms. The van der Waals surface area contributed by atoms with Crippen LogP contribution in [0.2, 0.25) is 0 Å². The summed E-state index contributed by atoms with van der Waals surface area (Å²) in [6, 6.07) is 4.10. The normalized spacial score (nSPS) is 27.8. The first-order valence-corrected chi connectivity index (χ1v) is 9.12. The highest BCUT2D eigenvalue weighted by atomic mass is 32.1. The van der Waals surface area contributed by atoms with Gasteiger partial charge in [0.2, 0.25) is 0 Å². The molecular weight excluding hydrogens is 326 g/mol. The maximum atomic E-state index is 12.6. The Hall–Kier alpha value is -1.86. The third-order valence-corrected chi connectivity index (χ3v) is 6.13. The van der Waals surface area contributed by atoms with E-state index in [1.165, 1.54) is 5.56 Å². The molecule has 24 heavy (non-hydrogen) atoms. The van der Waals surface area contributed by atoms with E-state index in [2.05, 4.69) is 19.2 Å². The van der Waals surface area contributed by atoms with Crippen molar-refractivity contribution in [3.8, 4) is 5.75 Å². The minimum Gasteiger partial charge on any atom is -0.493 e. The van der Waals surface area contributed by atoms with Crippen molar-refractivity contribution in [3.63, 3.8) is 0 Å². The number of carbonyl (C=O) groups excluding carboxylic acids is 1. The van der Waals surface area contributed by atoms with E-state index in [9.17, 15) is 4.79 Å². The van der Waals surface area contributed by atoms with Crippen LogP contribution in [0.1, 0.15) is 25.8 Å². The number of fused-ring (bicyclic) bond motifs is 4. The van der Waals surface area contributed by atoms with E-state index in [0.717, 1.165) is 33.9 Å². The molecule has 2 fully saturated rings. The number of hydrogen-bond donors (Lipinski definition) is 1. The number of anilines is 1. The van der Waals surface area contributed by atoms with Gasteiger partial charge in [-0.1, -0.05) is 11.3 Å². The summed E-state index contributed by atoms with van der Waals surface area (Å²) in [6.07, 6.45) is 1.68. The zero-order chi connectivity index (χ0) is 16.5. The molecule has 126 valence electrons. The molecule has 5 rings (SSSR count). The molecule has 0 unspecified atom stereocenters. The van der Waals surface area contributed by atoms with E-state index in [4.69, 9.17) is 14.5 Å². The number of aromatic nitrogens is 1. The number of ether oxygens (including phenoxy) is 2. The van der Waals surface area contributed by atoms with Crippen molar-refractivity contribution in [2.24, 2.45) is 0 Å². The molecule has 0 spiro atoms. The van der Waals surface area contributed by atoms with E-state index >= 15 is 0 Å². The number of amides is 2. The van der Waals surface area contributed by atoms with Crippen molar-refractivity contribution in [2.75, 3.05) is 18.1 Å². The zero-order valence-electron chi connectivity index (χ0n) is 13.7. The standard InChI is InChI=1S/C17H19N3O3S/c1-17(2)7-11-10(8-23-17)18-15(21)20(11)16-19-14-9-5-6-22-12(9)3-4-13(14)24-16/h3-4,10-11H,5-8H2,1-2H3,(H,18,21)/t10-,11+/m1/s1. The van der Waals surface area contributed by atoms with Crippen LogP contribution in [0, 0.1) is 0 Å². The first-order valence-electron chi connectivity index (χ1n) is 8.31. The molecule has 2 atom stereocenters. The van der Waals surface area contributed by atoms with Crippen LogP contribution >= 0.6 is 11.3 Å². The highest BCUT2D eigenvalue weighted by molar-refractivity contribution is 7.22. The molecule has 3 aliphatic heterocycles. The summed E-state index contributed by atoms with van der Waals surface area (Å²) in [7, 11) is 0. The Morgan fingerprint density at radius 2 is 2.29 bits per heavy atom. The van der Waals surface area contributed by atoms with E-state index in [1.54, 1.807) is 11.3 Å². The molecule has 2 saturated heterocycles. The zero-order valence-corrected chi connectivity index (χ0v) is 14.5. The Labute approximate surface area is 143 Å². The Kier molecular flexibility index (Phi) is 2.91. The van der Waals surface area contributed by atoms with Crippen molar-refractivity contribution < 1.29 is 14.3 Å². The summed E-state index contributed by atoms with van der Waals surface area (Å²) in [5.74, 6) is 0.926. The Bertz CT molecular complexity index is 847. The lowest BCUT2D eigenvalue weighted by Gasteiger charge is -2.38. The second kappa shape index (κ2) is 4.83. The smallest absolute Gasteiger partial charge is 0.324 e. The number of nitrogens with one attached hydrogen (secondary N) is 1. The van der Waals surface area contributed by atoms with Gasteiger partial charge in [0.1, 0.15) is 5.75 Å². The molecule has 0 saturated carbocycles. The molecule has 1 N–H and O–H groups in total. The first kappa shape index (κ1) is 14.5. The van der Waals surface area contributed by atoms with Crippen LogP contribution in [0.3, 0.4) is 0 Å². The molecular formula is C17H19N3O3S. The largest absolute Gasteiger partial charge is 0.493 e. The van der Waals surface area contributed by atoms with Crippen molar-refractivity contribution in [2.45, 2.75) is 44.4 Å². The van der Waals surface area contributed by atoms with E-state index in [0.29, 0.717) is 13.2 Å². The van der Waals surface area contributed by atoms with Crippen molar-refractivity contribution in [1.29, 1.82) is 0 Å². The van der Waals surface area contributed by atoms with Crippen molar-refractivity contribution in [3.05, 3.63) is 17.7 Å². The summed E-state index contributed by atoms with van der Waals surface area (Å²) in [5, 5.41) is 3.81. The fourth-order valence-corrected chi connectivity index (χ4v) is 4.96. The Morgan fingerprint density at radius 3 is 3.17 bits per heavy atom. The Morgan fingerprint density at radius 1 is 1.42 bits per heavy atom. The minimum absolute atomic E-state index is 0.0339. The second-order valence-electron chi connectivity index (χ2n) is 7.25. The predicted octanol–water partition coefficient (Wildman–Crippen LogP) is 2.70. The van der Waals surface area contributed by atoms with Crippen LogP contribution < -0.4 is 15.0 Å². The van der Waals surface area contributed by atoms with Crippen LogP contribution in [-0.2, 0) is 11.2 Å². The van der Waals surface area contributed by atoms with Crippen LogP contribution in [-0.4, -0.2) is 41.9 Å².